The summed E-state index contributed by atoms with van der Waals surface area (Å²) in [5.74, 6) is 0.798. The highest BCUT2D eigenvalue weighted by Crippen LogP contribution is 2.32. The van der Waals surface area contributed by atoms with E-state index in [1.54, 1.807) is 19.1 Å². The van der Waals surface area contributed by atoms with Gasteiger partial charge < -0.3 is 0 Å². The second-order valence-corrected chi connectivity index (χ2v) is 18.4. The largest absolute Gasteiger partial charge is 0.295 e. The van der Waals surface area contributed by atoms with Crippen LogP contribution in [-0.4, -0.2) is 15.8 Å². The molecule has 0 saturated carbocycles. The van der Waals surface area contributed by atoms with E-state index in [0.717, 1.165) is 58.2 Å². The highest BCUT2D eigenvalue weighted by molar-refractivity contribution is 9.11. The smallest absolute Gasteiger partial charge is 0.160 e. The Hall–Kier alpha value is -7.34. The van der Waals surface area contributed by atoms with Gasteiger partial charge in [0, 0.05) is 35.7 Å². The Morgan fingerprint density at radius 2 is 0.691 bits per heavy atom. The number of ketones is 1. The van der Waals surface area contributed by atoms with Crippen molar-refractivity contribution in [1.29, 1.82) is 5.26 Å². The lowest BCUT2D eigenvalue weighted by molar-refractivity contribution is 0.101. The normalized spacial score (nSPS) is 10.4. The summed E-state index contributed by atoms with van der Waals surface area (Å²) in [4.78, 5) is 21.2. The van der Waals surface area contributed by atoms with E-state index in [9.17, 15) is 4.79 Å². The molecule has 1 aromatic heterocycles. The summed E-state index contributed by atoms with van der Waals surface area (Å²) in [6.45, 7) is 1.59. The fourth-order valence-electron chi connectivity index (χ4n) is 7.36. The molecule has 0 amide bonds. The summed E-state index contributed by atoms with van der Waals surface area (Å²) in [6, 6.07) is 82.0. The van der Waals surface area contributed by atoms with E-state index in [4.69, 9.17) is 15.2 Å². The minimum atomic E-state index is 0.0968. The molecule has 10 rings (SSSR count). The molecule has 68 heavy (non-hydrogen) atoms. The van der Waals surface area contributed by atoms with E-state index in [1.165, 1.54) is 33.4 Å². The number of carbonyl (C=O) groups is 1. The van der Waals surface area contributed by atoms with Crippen LogP contribution in [0.2, 0.25) is 0 Å². The van der Waals surface area contributed by atoms with Gasteiger partial charge in [-0.15, -0.1) is 0 Å². The number of nitriles is 1. The highest BCUT2D eigenvalue weighted by Gasteiger charge is 2.12. The molecule has 0 spiro atoms. The Bertz CT molecular complexity index is 3240. The minimum Gasteiger partial charge on any atom is -0.295 e. The van der Waals surface area contributed by atoms with Crippen LogP contribution in [0.5, 0.6) is 0 Å². The van der Waals surface area contributed by atoms with E-state index < -0.39 is 0 Å². The summed E-state index contributed by atoms with van der Waals surface area (Å²) in [5.41, 5.74) is 15.8. The van der Waals surface area contributed by atoms with Crippen molar-refractivity contribution in [3.8, 4) is 84.5 Å². The first-order valence-corrected chi connectivity index (χ1v) is 24.2. The zero-order valence-corrected chi connectivity index (χ0v) is 41.7. The maximum absolute atomic E-state index is 11.3. The van der Waals surface area contributed by atoms with Crippen LogP contribution in [0.3, 0.4) is 0 Å². The molecule has 0 bridgehead atoms. The number of nitrogens with zero attached hydrogens (tertiary/aromatic N) is 3. The monoisotopic (exact) mass is 1070 g/mol. The first-order valence-electron chi connectivity index (χ1n) is 21.8. The molecule has 328 valence electrons. The van der Waals surface area contributed by atoms with Crippen LogP contribution in [0.25, 0.3) is 78.4 Å². The van der Waals surface area contributed by atoms with E-state index in [-0.39, 0.29) is 5.78 Å². The van der Waals surface area contributed by atoms with Crippen molar-refractivity contribution >= 4 is 53.6 Å². The number of hydrogen-bond donors (Lipinski definition) is 0. The lowest BCUT2D eigenvalue weighted by Gasteiger charge is -2.11. The second-order valence-electron chi connectivity index (χ2n) is 15.7. The zero-order valence-electron chi connectivity index (χ0n) is 36.9. The fourth-order valence-corrected chi connectivity index (χ4v) is 8.16. The number of Topliss-reactive ketones (excluding diaryl/α,β-unsaturated/α-hetero) is 1. The van der Waals surface area contributed by atoms with Gasteiger partial charge in [-0.2, -0.15) is 5.26 Å². The van der Waals surface area contributed by atoms with Crippen LogP contribution < -0.4 is 0 Å². The third-order valence-electron chi connectivity index (χ3n) is 11.0. The molecule has 0 saturated heterocycles. The lowest BCUT2D eigenvalue weighted by Crippen LogP contribution is -1.96. The third kappa shape index (κ3) is 12.5. The molecular formula is C61H42Br3N3O. The van der Waals surface area contributed by atoms with Gasteiger partial charge >= 0.3 is 0 Å². The Kier molecular flexibility index (Phi) is 15.9. The van der Waals surface area contributed by atoms with E-state index in [1.807, 2.05) is 103 Å². The maximum Gasteiger partial charge on any atom is 0.160 e. The molecule has 0 unspecified atom stereocenters. The second kappa shape index (κ2) is 22.9. The van der Waals surface area contributed by atoms with Crippen LogP contribution >= 0.6 is 47.8 Å². The van der Waals surface area contributed by atoms with Crippen molar-refractivity contribution in [2.45, 2.75) is 6.92 Å². The minimum absolute atomic E-state index is 0.0968. The lowest BCUT2D eigenvalue weighted by atomic mass is 9.98. The van der Waals surface area contributed by atoms with Crippen LogP contribution in [0.15, 0.2) is 250 Å². The van der Waals surface area contributed by atoms with Crippen molar-refractivity contribution in [1.82, 2.24) is 9.97 Å². The predicted octanol–water partition coefficient (Wildman–Crippen LogP) is 17.9. The summed E-state index contributed by atoms with van der Waals surface area (Å²) < 4.78 is 3.06. The Labute approximate surface area is 423 Å². The Morgan fingerprint density at radius 3 is 1.09 bits per heavy atom. The van der Waals surface area contributed by atoms with Crippen LogP contribution in [0.1, 0.15) is 22.8 Å². The van der Waals surface area contributed by atoms with Crippen molar-refractivity contribution in [3.63, 3.8) is 0 Å². The fraction of sp³-hybridized carbons (Fsp3) is 0.0164. The molecule has 7 heteroatoms. The average molecular weight is 1070 g/mol. The summed E-state index contributed by atoms with van der Waals surface area (Å²) in [6.07, 6.45) is 0. The van der Waals surface area contributed by atoms with Gasteiger partial charge in [-0.1, -0.05) is 218 Å². The van der Waals surface area contributed by atoms with Gasteiger partial charge in [0.25, 0.3) is 0 Å². The number of halogens is 3. The van der Waals surface area contributed by atoms with Crippen LogP contribution in [0.4, 0.5) is 0 Å². The Morgan fingerprint density at radius 1 is 0.368 bits per heavy atom. The van der Waals surface area contributed by atoms with E-state index in [2.05, 4.69) is 175 Å². The zero-order chi connectivity index (χ0) is 47.2. The van der Waals surface area contributed by atoms with Gasteiger partial charge in [0.15, 0.2) is 11.6 Å². The van der Waals surface area contributed by atoms with Crippen molar-refractivity contribution < 1.29 is 4.79 Å². The first kappa shape index (κ1) is 47.2. The number of benzene rings is 9. The molecule has 0 aliphatic carbocycles. The van der Waals surface area contributed by atoms with Gasteiger partial charge in [0.1, 0.15) is 0 Å². The molecule has 0 N–H and O–H groups in total. The highest BCUT2D eigenvalue weighted by atomic mass is 79.9. The Balaban J connectivity index is 0.000000173. The molecule has 4 nitrogen and oxygen atoms in total. The third-order valence-corrected chi connectivity index (χ3v) is 12.6. The molecule has 9 aromatic carbocycles. The van der Waals surface area contributed by atoms with Crippen molar-refractivity contribution in [2.75, 3.05) is 0 Å². The molecule has 0 fully saturated rings. The van der Waals surface area contributed by atoms with E-state index in [0.29, 0.717) is 11.4 Å². The number of aromatic nitrogens is 2. The van der Waals surface area contributed by atoms with Crippen molar-refractivity contribution in [2.24, 2.45) is 0 Å². The topological polar surface area (TPSA) is 66.6 Å². The van der Waals surface area contributed by atoms with Gasteiger partial charge in [0.2, 0.25) is 0 Å². The number of carbonyl (C=O) groups excluding carboxylic acids is 1. The van der Waals surface area contributed by atoms with Crippen LogP contribution in [0, 0.1) is 11.3 Å². The molecule has 0 aliphatic rings. The van der Waals surface area contributed by atoms with Gasteiger partial charge in [-0.05, 0) is 118 Å². The quantitative estimate of drug-likeness (QED) is 0.142. The maximum atomic E-state index is 11.3. The number of rotatable bonds is 8. The molecule has 0 aliphatic heterocycles. The van der Waals surface area contributed by atoms with E-state index >= 15 is 0 Å². The first-order chi connectivity index (χ1) is 33.2. The summed E-state index contributed by atoms with van der Waals surface area (Å²) in [5, 5.41) is 8.36. The summed E-state index contributed by atoms with van der Waals surface area (Å²) in [7, 11) is 0. The SMILES string of the molecule is Brc1ccc(-c2cc(-c3ccc(-c4cccc(-c5ccccc5)c4)cc3)nc(-c3ccc(Br)cc3)n2)cc1.CC(=O)c1ccc(-c2cccc(-c3ccccc3)c2)cc1.N#Cc1ccc(Br)cc1. The summed E-state index contributed by atoms with van der Waals surface area (Å²) >= 11 is 10.3. The van der Waals surface area contributed by atoms with Crippen molar-refractivity contribution in [3.05, 3.63) is 261 Å². The number of hydrogen-bond acceptors (Lipinski definition) is 4. The van der Waals surface area contributed by atoms with Gasteiger partial charge in [0.05, 0.1) is 23.0 Å². The van der Waals surface area contributed by atoms with Gasteiger partial charge in [-0.25, -0.2) is 9.97 Å². The average Bonchev–Trinajstić information content (AvgIpc) is 3.40. The molecule has 1 heterocycles. The molecule has 0 radical (unpaired) electrons. The predicted molar refractivity (Wildman–Crippen MR) is 291 cm³/mol. The van der Waals surface area contributed by atoms with Gasteiger partial charge in [-0.3, -0.25) is 4.79 Å². The molecule has 10 aromatic rings. The van der Waals surface area contributed by atoms with Crippen LogP contribution in [-0.2, 0) is 0 Å². The molecular weight excluding hydrogens is 1030 g/mol. The molecule has 0 atom stereocenters. The standard InChI is InChI=1S/C34H22Br2N2.C20H16O.C7H4BrN/c35-30-17-13-26(14-18-30)33-22-32(37-34(38-33)27-15-19-31(36)20-16-27)25-11-9-24(10-12-25)29-8-4-7-28(21-29)23-5-2-1-3-6-23;1-15(21)16-10-12-18(13-11-16)20-9-5-8-19(14-20)17-6-3-2-4-7-17;8-7-3-1-6(5-9)2-4-7/h1-22H;2-14H,1H3;1-4H.